The van der Waals surface area contributed by atoms with Gasteiger partial charge in [0.15, 0.2) is 5.82 Å². The van der Waals surface area contributed by atoms with E-state index < -0.39 is 160 Å². The minimum absolute atomic E-state index is 0.228. The molecular weight excluding hydrogens is 755 g/mol. The highest BCUT2D eigenvalue weighted by Gasteiger charge is 2.21. The summed E-state index contributed by atoms with van der Waals surface area (Å²) in [7, 11) is 0. The molecule has 5 nitrogen and oxygen atoms in total. The van der Waals surface area contributed by atoms with E-state index in [2.05, 4.69) is 6.07 Å². The Kier molecular flexibility index (Phi) is 4.91. The molecule has 0 radical (unpaired) electrons. The first-order chi connectivity index (χ1) is 39.0. The second-order valence-corrected chi connectivity index (χ2v) is 14.2. The van der Waals surface area contributed by atoms with E-state index in [1.807, 2.05) is 72.8 Å². The lowest BCUT2D eigenvalue weighted by molar-refractivity contribution is 0.893. The number of hydrogen-bond donors (Lipinski definition) is 0. The Bertz CT molecular complexity index is 4690. The molecule has 0 spiro atoms. The molecule has 12 aromatic rings. The van der Waals surface area contributed by atoms with Crippen molar-refractivity contribution in [2.24, 2.45) is 0 Å². The van der Waals surface area contributed by atoms with E-state index in [-0.39, 0.29) is 38.6 Å². The monoisotopic (exact) mass is 811 g/mol. The molecule has 62 heavy (non-hydrogen) atoms. The van der Waals surface area contributed by atoms with Crippen LogP contribution in [0.3, 0.4) is 0 Å². The number of fused-ring (bicyclic) bond motifs is 6. The summed E-state index contributed by atoms with van der Waals surface area (Å²) in [5.41, 5.74) is 2.92. The predicted octanol–water partition coefficient (Wildman–Crippen LogP) is 14.4. The van der Waals surface area contributed by atoms with Crippen LogP contribution in [0.4, 0.5) is 0 Å². The quantitative estimate of drug-likeness (QED) is 0.161. The van der Waals surface area contributed by atoms with Gasteiger partial charge in [-0.1, -0.05) is 194 Å². The highest BCUT2D eigenvalue weighted by atomic mass is 15.3. The Hall–Kier alpha value is -8.41. The first kappa shape index (κ1) is 20.7. The molecule has 0 amide bonds. The van der Waals surface area contributed by atoms with Gasteiger partial charge in [0, 0.05) is 27.1 Å². The van der Waals surface area contributed by atoms with E-state index in [1.54, 1.807) is 24.3 Å². The first-order valence-electron chi connectivity index (χ1n) is 29.3. The van der Waals surface area contributed by atoms with Crippen molar-refractivity contribution < 1.29 is 27.4 Å². The second kappa shape index (κ2) is 14.7. The number of rotatable bonds is 7. The van der Waals surface area contributed by atoms with E-state index in [1.165, 1.54) is 0 Å². The molecule has 0 fully saturated rings. The molecule has 0 aliphatic carbocycles. The largest absolute Gasteiger partial charge is 0.278 e. The van der Waals surface area contributed by atoms with E-state index in [9.17, 15) is 9.60 Å². The topological polar surface area (TPSA) is 48.5 Å². The molecule has 0 atom stereocenters. The van der Waals surface area contributed by atoms with E-state index in [0.29, 0.717) is 0 Å². The summed E-state index contributed by atoms with van der Waals surface area (Å²) in [5.74, 6) is -1.37. The van der Waals surface area contributed by atoms with E-state index >= 15 is 0 Å². The average molecular weight is 812 g/mol. The molecule has 0 unspecified atom stereocenters. The standard InChI is InChI=1S/C57H37N5/c1-3-14-38(15-4-1)44-18-13-19-45(36-44)42-28-26-40(27-29-42)41-30-32-43(33-31-41)55-58-56(61-51-23-10-7-20-47(51)48-21-8-11-24-52(48)61)60-57(59-55)62-53-25-12-9-22-49(53)50-35-34-46(37-54(50)62)39-16-5-2-6-17-39/h1-37H/i2D,5D,6D,7D,8D,9D,10D,11D,12D,16D,17D,20D,21D,22D,23D,24D,25D,34D,35D,37D. The van der Waals surface area contributed by atoms with Crippen LogP contribution in [0.1, 0.15) is 27.4 Å². The Morgan fingerprint density at radius 3 is 1.31 bits per heavy atom. The highest BCUT2D eigenvalue weighted by molar-refractivity contribution is 6.10. The van der Waals surface area contributed by atoms with Crippen LogP contribution in [0.15, 0.2) is 224 Å². The summed E-state index contributed by atoms with van der Waals surface area (Å²) in [6.07, 6.45) is 0. The van der Waals surface area contributed by atoms with Crippen LogP contribution in [0.5, 0.6) is 0 Å². The zero-order valence-electron chi connectivity index (χ0n) is 52.1. The predicted molar refractivity (Wildman–Crippen MR) is 256 cm³/mol. The molecule has 0 bridgehead atoms. The fourth-order valence-electron chi connectivity index (χ4n) is 7.69. The van der Waals surface area contributed by atoms with Crippen LogP contribution in [-0.2, 0) is 0 Å². The maximum absolute atomic E-state index is 9.88. The van der Waals surface area contributed by atoms with Gasteiger partial charge in [-0.05, 0) is 74.7 Å². The molecule has 290 valence electrons. The number of nitrogens with zero attached hydrogens (tertiary/aromatic N) is 5. The van der Waals surface area contributed by atoms with Crippen molar-refractivity contribution in [2.75, 3.05) is 0 Å². The molecule has 0 aliphatic heterocycles. The zero-order chi connectivity index (χ0) is 58.4. The van der Waals surface area contributed by atoms with Gasteiger partial charge in [-0.3, -0.25) is 9.13 Å². The number of benzene rings is 9. The zero-order valence-corrected chi connectivity index (χ0v) is 32.1. The lowest BCUT2D eigenvalue weighted by Crippen LogP contribution is -2.10. The number of para-hydroxylation sites is 3. The number of aromatic nitrogens is 5. The lowest BCUT2D eigenvalue weighted by Gasteiger charge is -2.13. The summed E-state index contributed by atoms with van der Waals surface area (Å²) in [5, 5.41) is -1.43. The average Bonchev–Trinajstić information content (AvgIpc) is 4.25. The van der Waals surface area contributed by atoms with Crippen molar-refractivity contribution in [3.63, 3.8) is 0 Å². The minimum Gasteiger partial charge on any atom is -0.278 e. The van der Waals surface area contributed by atoms with Crippen LogP contribution in [0.2, 0.25) is 0 Å². The summed E-state index contributed by atoms with van der Waals surface area (Å²) < 4.78 is 181. The molecule has 9 aromatic carbocycles. The summed E-state index contributed by atoms with van der Waals surface area (Å²) in [4.78, 5) is 14.5. The molecule has 3 heterocycles. The summed E-state index contributed by atoms with van der Waals surface area (Å²) in [6, 6.07) is 17.8. The van der Waals surface area contributed by atoms with Gasteiger partial charge < -0.3 is 0 Å². The van der Waals surface area contributed by atoms with Crippen molar-refractivity contribution in [3.8, 4) is 67.8 Å². The Labute approximate surface area is 386 Å². The van der Waals surface area contributed by atoms with Crippen LogP contribution in [0.25, 0.3) is 111 Å². The molecular formula is C57H37N5. The molecule has 0 saturated heterocycles. The molecule has 0 aliphatic rings. The Morgan fingerprint density at radius 2 is 0.742 bits per heavy atom. The van der Waals surface area contributed by atoms with E-state index in [4.69, 9.17) is 32.8 Å². The summed E-state index contributed by atoms with van der Waals surface area (Å²) in [6.45, 7) is 0. The third kappa shape index (κ3) is 6.06. The smallest absolute Gasteiger partial charge is 0.240 e. The lowest BCUT2D eigenvalue weighted by atomic mass is 9.97. The molecule has 5 heteroatoms. The van der Waals surface area contributed by atoms with E-state index in [0.717, 1.165) is 42.5 Å². The maximum Gasteiger partial charge on any atom is 0.240 e. The van der Waals surface area contributed by atoms with Crippen LogP contribution < -0.4 is 0 Å². The van der Waals surface area contributed by atoms with Gasteiger partial charge >= 0.3 is 0 Å². The molecule has 0 N–H and O–H groups in total. The first-order valence-corrected chi connectivity index (χ1v) is 19.3. The van der Waals surface area contributed by atoms with Crippen molar-refractivity contribution in [1.29, 1.82) is 0 Å². The normalized spacial score (nSPS) is 16.1. The maximum atomic E-state index is 9.88. The SMILES string of the molecule is [2H]c1c([2H])c([2H])c(-c2c([2H])c([2H])c3c4c([2H])c([2H])c([2H])c([2H])c4n(-c4nc(-c5ccc(-c6ccc(-c7cccc(-c8ccccc8)c7)cc6)cc5)nc(-n5c6c([2H])c([2H])c([2H])c([2H])c6c6c([2H])c([2H])c([2H])c([2H])c65)n4)c3c2[2H])c([2H])c1[2H]. The van der Waals surface area contributed by atoms with Crippen molar-refractivity contribution in [2.45, 2.75) is 0 Å². The minimum atomic E-state index is -0.822. The van der Waals surface area contributed by atoms with Gasteiger partial charge in [0.25, 0.3) is 0 Å². The molecule has 12 rings (SSSR count). The van der Waals surface area contributed by atoms with Gasteiger partial charge in [-0.2, -0.15) is 15.0 Å². The number of hydrogen-bond acceptors (Lipinski definition) is 3. The summed E-state index contributed by atoms with van der Waals surface area (Å²) >= 11 is 0. The molecule has 3 aromatic heterocycles. The van der Waals surface area contributed by atoms with Gasteiger partial charge in [0.1, 0.15) is 0 Å². The van der Waals surface area contributed by atoms with Crippen LogP contribution >= 0.6 is 0 Å². The highest BCUT2D eigenvalue weighted by Crippen LogP contribution is 2.37. The Morgan fingerprint density at radius 1 is 0.306 bits per heavy atom. The molecule has 0 saturated carbocycles. The van der Waals surface area contributed by atoms with Crippen LogP contribution in [-0.4, -0.2) is 24.1 Å². The Balaban J connectivity index is 1.16. The fraction of sp³-hybridized carbons (Fsp3) is 0. The van der Waals surface area contributed by atoms with Crippen molar-refractivity contribution in [1.82, 2.24) is 24.1 Å². The van der Waals surface area contributed by atoms with Crippen molar-refractivity contribution in [3.05, 3.63) is 224 Å². The van der Waals surface area contributed by atoms with Gasteiger partial charge in [0.2, 0.25) is 11.9 Å². The second-order valence-electron chi connectivity index (χ2n) is 14.2. The third-order valence-corrected chi connectivity index (χ3v) is 10.6. The third-order valence-electron chi connectivity index (χ3n) is 10.6. The van der Waals surface area contributed by atoms with Gasteiger partial charge in [-0.15, -0.1) is 0 Å². The van der Waals surface area contributed by atoms with Crippen molar-refractivity contribution >= 4 is 43.6 Å². The fourth-order valence-corrected chi connectivity index (χ4v) is 7.69. The van der Waals surface area contributed by atoms with Crippen LogP contribution in [0, 0.1) is 0 Å². The van der Waals surface area contributed by atoms with Gasteiger partial charge in [0.05, 0.1) is 49.5 Å². The van der Waals surface area contributed by atoms with Gasteiger partial charge in [-0.25, -0.2) is 0 Å².